The van der Waals surface area contributed by atoms with Gasteiger partial charge in [0.1, 0.15) is 5.75 Å². The van der Waals surface area contributed by atoms with Crippen LogP contribution in [0.25, 0.3) is 0 Å². The van der Waals surface area contributed by atoms with Crippen LogP contribution >= 0.6 is 0 Å². The molecular weight excluding hydrogens is 304 g/mol. The van der Waals surface area contributed by atoms with Gasteiger partial charge in [-0.15, -0.1) is 0 Å². The third kappa shape index (κ3) is 4.59. The Morgan fingerprint density at radius 2 is 1.79 bits per heavy atom. The Labute approximate surface area is 142 Å². The molecule has 2 aromatic carbocycles. The van der Waals surface area contributed by atoms with E-state index in [0.717, 1.165) is 0 Å². The summed E-state index contributed by atoms with van der Waals surface area (Å²) in [5, 5.41) is 5.65. The Morgan fingerprint density at radius 1 is 1.04 bits per heavy atom. The van der Waals surface area contributed by atoms with Crippen molar-refractivity contribution in [3.8, 4) is 5.75 Å². The minimum atomic E-state index is -0.294. The van der Waals surface area contributed by atoms with Crippen LogP contribution in [-0.2, 0) is 0 Å². The van der Waals surface area contributed by atoms with Gasteiger partial charge in [0.2, 0.25) is 0 Å². The molecule has 2 rings (SSSR count). The van der Waals surface area contributed by atoms with Crippen LogP contribution in [0.2, 0.25) is 0 Å². The van der Waals surface area contributed by atoms with Gasteiger partial charge >= 0.3 is 0 Å². The number of para-hydroxylation sites is 1. The van der Waals surface area contributed by atoms with Crippen molar-refractivity contribution >= 4 is 17.5 Å². The van der Waals surface area contributed by atoms with Crippen LogP contribution in [0.5, 0.6) is 5.75 Å². The number of carbonyl (C=O) groups is 2. The summed E-state index contributed by atoms with van der Waals surface area (Å²) >= 11 is 0. The topological polar surface area (TPSA) is 67.4 Å². The summed E-state index contributed by atoms with van der Waals surface area (Å²) < 4.78 is 5.13. The molecule has 0 unspecified atom stereocenters. The smallest absolute Gasteiger partial charge is 0.255 e. The Morgan fingerprint density at radius 3 is 2.50 bits per heavy atom. The molecule has 0 saturated heterocycles. The van der Waals surface area contributed by atoms with E-state index < -0.39 is 0 Å². The van der Waals surface area contributed by atoms with Crippen LogP contribution in [0, 0.1) is 5.92 Å². The zero-order valence-corrected chi connectivity index (χ0v) is 14.1. The molecule has 0 bridgehead atoms. The van der Waals surface area contributed by atoms with Gasteiger partial charge in [-0.3, -0.25) is 9.59 Å². The van der Waals surface area contributed by atoms with Crippen LogP contribution in [0.15, 0.2) is 48.5 Å². The molecule has 0 aliphatic rings. The number of benzene rings is 2. The molecule has 2 amide bonds. The maximum atomic E-state index is 12.4. The lowest BCUT2D eigenvalue weighted by Crippen LogP contribution is -2.28. The van der Waals surface area contributed by atoms with E-state index in [4.69, 9.17) is 4.74 Å². The number of methoxy groups -OCH3 is 1. The predicted molar refractivity (Wildman–Crippen MR) is 94.6 cm³/mol. The number of hydrogen-bond acceptors (Lipinski definition) is 3. The Balaban J connectivity index is 2.17. The van der Waals surface area contributed by atoms with Gasteiger partial charge < -0.3 is 15.4 Å². The first kappa shape index (κ1) is 17.5. The zero-order valence-electron chi connectivity index (χ0n) is 14.1. The predicted octanol–water partition coefficient (Wildman–Crippen LogP) is 3.33. The van der Waals surface area contributed by atoms with E-state index in [2.05, 4.69) is 10.6 Å². The zero-order chi connectivity index (χ0) is 17.5. The summed E-state index contributed by atoms with van der Waals surface area (Å²) in [5.41, 5.74) is 1.38. The number of rotatable bonds is 6. The molecule has 5 nitrogen and oxygen atoms in total. The molecule has 0 saturated carbocycles. The van der Waals surface area contributed by atoms with Crippen LogP contribution in [0.3, 0.4) is 0 Å². The quantitative estimate of drug-likeness (QED) is 0.855. The lowest BCUT2D eigenvalue weighted by atomic mass is 10.1. The van der Waals surface area contributed by atoms with E-state index in [1.165, 1.54) is 0 Å². The first-order valence-corrected chi connectivity index (χ1v) is 7.84. The first-order chi connectivity index (χ1) is 11.5. The lowest BCUT2D eigenvalue weighted by Gasteiger charge is -2.13. The van der Waals surface area contributed by atoms with Crippen molar-refractivity contribution in [2.24, 2.45) is 5.92 Å². The second-order valence-corrected chi connectivity index (χ2v) is 5.84. The SMILES string of the molecule is COc1cccc(C(=O)Nc2ccccc2C(=O)NCC(C)C)c1. The van der Waals surface area contributed by atoms with Crippen LogP contribution in [0.1, 0.15) is 34.6 Å². The van der Waals surface area contributed by atoms with Crippen molar-refractivity contribution in [3.63, 3.8) is 0 Å². The summed E-state index contributed by atoms with van der Waals surface area (Å²) in [7, 11) is 1.55. The second kappa shape index (κ2) is 8.15. The monoisotopic (exact) mass is 326 g/mol. The molecule has 0 fully saturated rings. The highest BCUT2D eigenvalue weighted by Gasteiger charge is 2.14. The largest absolute Gasteiger partial charge is 0.497 e. The number of amides is 2. The summed E-state index contributed by atoms with van der Waals surface area (Å²) in [5.74, 6) is 0.460. The molecule has 0 aliphatic carbocycles. The van der Waals surface area contributed by atoms with Gasteiger partial charge in [0, 0.05) is 12.1 Å². The van der Waals surface area contributed by atoms with Crippen LogP contribution < -0.4 is 15.4 Å². The molecule has 0 heterocycles. The van der Waals surface area contributed by atoms with Gasteiger partial charge in [0.25, 0.3) is 11.8 Å². The molecule has 0 aliphatic heterocycles. The molecule has 2 N–H and O–H groups in total. The lowest BCUT2D eigenvalue weighted by molar-refractivity contribution is 0.0950. The normalized spacial score (nSPS) is 10.3. The number of anilines is 1. The second-order valence-electron chi connectivity index (χ2n) is 5.84. The Kier molecular flexibility index (Phi) is 5.95. The van der Waals surface area contributed by atoms with Crippen molar-refractivity contribution in [1.29, 1.82) is 0 Å². The first-order valence-electron chi connectivity index (χ1n) is 7.84. The molecule has 24 heavy (non-hydrogen) atoms. The number of hydrogen-bond donors (Lipinski definition) is 2. The fraction of sp³-hybridized carbons (Fsp3) is 0.263. The maximum Gasteiger partial charge on any atom is 0.255 e. The van der Waals surface area contributed by atoms with E-state index in [1.807, 2.05) is 13.8 Å². The highest BCUT2D eigenvalue weighted by atomic mass is 16.5. The Hall–Kier alpha value is -2.82. The van der Waals surface area contributed by atoms with Crippen molar-refractivity contribution in [1.82, 2.24) is 5.32 Å². The van der Waals surface area contributed by atoms with Gasteiger partial charge in [0.05, 0.1) is 18.4 Å². The number of ether oxygens (including phenoxy) is 1. The third-order valence-electron chi connectivity index (χ3n) is 3.42. The van der Waals surface area contributed by atoms with Gasteiger partial charge in [-0.1, -0.05) is 32.0 Å². The van der Waals surface area contributed by atoms with Crippen LogP contribution in [-0.4, -0.2) is 25.5 Å². The van der Waals surface area contributed by atoms with Gasteiger partial charge in [0.15, 0.2) is 0 Å². The summed E-state index contributed by atoms with van der Waals surface area (Å²) in [6.45, 7) is 4.63. The molecular formula is C19H22N2O3. The summed E-state index contributed by atoms with van der Waals surface area (Å²) in [4.78, 5) is 24.7. The third-order valence-corrected chi connectivity index (χ3v) is 3.42. The molecule has 0 spiro atoms. The molecule has 0 atom stereocenters. The van der Waals surface area contributed by atoms with E-state index in [0.29, 0.717) is 35.0 Å². The highest BCUT2D eigenvalue weighted by Crippen LogP contribution is 2.18. The standard InChI is InChI=1S/C19H22N2O3/c1-13(2)12-20-19(23)16-9-4-5-10-17(16)21-18(22)14-7-6-8-15(11-14)24-3/h4-11,13H,12H2,1-3H3,(H,20,23)(H,21,22). The van der Waals surface area contributed by atoms with Gasteiger partial charge in [-0.25, -0.2) is 0 Å². The van der Waals surface area contributed by atoms with Crippen molar-refractivity contribution < 1.29 is 14.3 Å². The maximum absolute atomic E-state index is 12.4. The summed E-state index contributed by atoms with van der Waals surface area (Å²) in [6.07, 6.45) is 0. The average Bonchev–Trinajstić information content (AvgIpc) is 2.60. The minimum Gasteiger partial charge on any atom is -0.497 e. The molecule has 2 aromatic rings. The summed E-state index contributed by atoms with van der Waals surface area (Å²) in [6, 6.07) is 13.8. The Bertz CT molecular complexity index is 726. The van der Waals surface area contributed by atoms with E-state index in [1.54, 1.807) is 55.6 Å². The van der Waals surface area contributed by atoms with Crippen LogP contribution in [0.4, 0.5) is 5.69 Å². The average molecular weight is 326 g/mol. The van der Waals surface area contributed by atoms with Gasteiger partial charge in [-0.2, -0.15) is 0 Å². The number of nitrogens with one attached hydrogen (secondary N) is 2. The molecule has 126 valence electrons. The van der Waals surface area contributed by atoms with Crippen molar-refractivity contribution in [2.45, 2.75) is 13.8 Å². The molecule has 0 aromatic heterocycles. The molecule has 0 radical (unpaired) electrons. The highest BCUT2D eigenvalue weighted by molar-refractivity contribution is 6.09. The van der Waals surface area contributed by atoms with Crippen molar-refractivity contribution in [3.05, 3.63) is 59.7 Å². The van der Waals surface area contributed by atoms with Gasteiger partial charge in [-0.05, 0) is 36.2 Å². The van der Waals surface area contributed by atoms with E-state index >= 15 is 0 Å². The minimum absolute atomic E-state index is 0.203. The van der Waals surface area contributed by atoms with E-state index in [9.17, 15) is 9.59 Å². The van der Waals surface area contributed by atoms with Crippen molar-refractivity contribution in [2.75, 3.05) is 19.0 Å². The number of carbonyl (C=O) groups excluding carboxylic acids is 2. The van der Waals surface area contributed by atoms with E-state index in [-0.39, 0.29) is 11.8 Å². The fourth-order valence-corrected chi connectivity index (χ4v) is 2.14. The fourth-order valence-electron chi connectivity index (χ4n) is 2.14. The molecule has 5 heteroatoms.